The van der Waals surface area contributed by atoms with Crippen molar-refractivity contribution in [3.8, 4) is 23.5 Å². The van der Waals surface area contributed by atoms with Gasteiger partial charge in [-0.15, -0.1) is 4.98 Å². The average Bonchev–Trinajstić information content (AvgIpc) is 2.62. The van der Waals surface area contributed by atoms with E-state index in [1.165, 1.54) is 0 Å². The number of para-hydroxylation sites is 2. The fourth-order valence-electron chi connectivity index (χ4n) is 1.99. The summed E-state index contributed by atoms with van der Waals surface area (Å²) in [5.41, 5.74) is 0. The molecule has 9 nitrogen and oxygen atoms in total. The third-order valence-electron chi connectivity index (χ3n) is 3.14. The number of anilines is 1. The minimum absolute atomic E-state index is 0. The number of aromatic nitrogens is 3. The van der Waals surface area contributed by atoms with Gasteiger partial charge in [0, 0.05) is 6.54 Å². The Morgan fingerprint density at radius 2 is 1.29 bits per heavy atom. The van der Waals surface area contributed by atoms with Gasteiger partial charge in [0.05, 0.1) is 5.75 Å². The number of benzene rings is 2. The van der Waals surface area contributed by atoms with E-state index >= 15 is 0 Å². The molecule has 0 spiro atoms. The van der Waals surface area contributed by atoms with E-state index in [9.17, 15) is 8.42 Å². The summed E-state index contributed by atoms with van der Waals surface area (Å²) < 4.78 is 41.7. The Morgan fingerprint density at radius 1 is 0.821 bits per heavy atom. The average molecular weight is 412 g/mol. The van der Waals surface area contributed by atoms with E-state index in [2.05, 4.69) is 20.3 Å². The quantitative estimate of drug-likeness (QED) is 0.423. The SMILES string of the molecule is O=S(=O)(O)CCNc1nc(Oc2ccccc2)nc(Oc2ccccc2)n1.[NaH]. The number of nitrogens with one attached hydrogen (secondary N) is 1. The van der Waals surface area contributed by atoms with Gasteiger partial charge in [-0.25, -0.2) is 0 Å². The molecule has 0 saturated heterocycles. The predicted molar refractivity (Wildman–Crippen MR) is 105 cm³/mol. The monoisotopic (exact) mass is 412 g/mol. The van der Waals surface area contributed by atoms with E-state index < -0.39 is 15.9 Å². The summed E-state index contributed by atoms with van der Waals surface area (Å²) in [4.78, 5) is 12.3. The standard InChI is InChI=1S/C17H16N4O5S.Na.H/c22-27(23,24)12-11-18-15-19-16(25-13-7-3-1-4-8-13)21-17(20-15)26-14-9-5-2-6-10-14;;/h1-10H,11-12H2,(H,22,23,24)(H,18,19,20,21);;. The molecule has 0 unspecified atom stereocenters. The van der Waals surface area contributed by atoms with Crippen LogP contribution in [-0.2, 0) is 10.1 Å². The zero-order chi connectivity index (χ0) is 19.1. The summed E-state index contributed by atoms with van der Waals surface area (Å²) in [6.07, 6.45) is 0. The third kappa shape index (κ3) is 7.41. The van der Waals surface area contributed by atoms with Gasteiger partial charge in [0.1, 0.15) is 11.5 Å². The topological polar surface area (TPSA) is 124 Å². The second-order valence-electron chi connectivity index (χ2n) is 5.27. The molecule has 28 heavy (non-hydrogen) atoms. The predicted octanol–water partition coefficient (Wildman–Crippen LogP) is 2.11. The van der Waals surface area contributed by atoms with Gasteiger partial charge in [-0.2, -0.15) is 18.4 Å². The van der Waals surface area contributed by atoms with E-state index in [4.69, 9.17) is 14.0 Å². The van der Waals surface area contributed by atoms with Gasteiger partial charge in [-0.05, 0) is 24.3 Å². The van der Waals surface area contributed by atoms with Crippen molar-refractivity contribution in [2.75, 3.05) is 17.6 Å². The normalized spacial score (nSPS) is 10.6. The number of nitrogens with zero attached hydrogens (tertiary/aromatic N) is 3. The van der Waals surface area contributed by atoms with Crippen molar-refractivity contribution in [1.29, 1.82) is 0 Å². The van der Waals surface area contributed by atoms with Gasteiger partial charge in [0.25, 0.3) is 10.1 Å². The van der Waals surface area contributed by atoms with Crippen molar-refractivity contribution < 1.29 is 22.4 Å². The zero-order valence-electron chi connectivity index (χ0n) is 14.0. The van der Waals surface area contributed by atoms with Crippen LogP contribution < -0.4 is 14.8 Å². The molecule has 3 rings (SSSR count). The Kier molecular flexibility index (Phi) is 8.15. The molecule has 0 amide bonds. The maximum absolute atomic E-state index is 10.9. The van der Waals surface area contributed by atoms with Crippen molar-refractivity contribution >= 4 is 45.6 Å². The van der Waals surface area contributed by atoms with Crippen LogP contribution in [0.4, 0.5) is 5.95 Å². The molecule has 0 bridgehead atoms. The Balaban J connectivity index is 0.00000280. The molecule has 2 aromatic carbocycles. The zero-order valence-corrected chi connectivity index (χ0v) is 14.8. The molecule has 142 valence electrons. The molecule has 3 aromatic rings. The van der Waals surface area contributed by atoms with Crippen molar-refractivity contribution in [3.63, 3.8) is 0 Å². The minimum atomic E-state index is -4.11. The maximum atomic E-state index is 10.9. The Bertz CT molecular complexity index is 931. The van der Waals surface area contributed by atoms with Gasteiger partial charge in [-0.3, -0.25) is 4.55 Å². The van der Waals surface area contributed by atoms with E-state index in [-0.39, 0.29) is 54.1 Å². The molecule has 1 aromatic heterocycles. The summed E-state index contributed by atoms with van der Waals surface area (Å²) in [7, 11) is -4.11. The molecule has 0 fully saturated rings. The van der Waals surface area contributed by atoms with E-state index in [1.807, 2.05) is 12.1 Å². The molecule has 2 N–H and O–H groups in total. The molecule has 0 radical (unpaired) electrons. The van der Waals surface area contributed by atoms with Gasteiger partial charge >= 0.3 is 41.6 Å². The van der Waals surface area contributed by atoms with E-state index in [0.29, 0.717) is 11.5 Å². The van der Waals surface area contributed by atoms with Crippen LogP contribution >= 0.6 is 0 Å². The fourth-order valence-corrected chi connectivity index (χ4v) is 2.35. The molecule has 1 heterocycles. The molecular weight excluding hydrogens is 395 g/mol. The summed E-state index contributed by atoms with van der Waals surface area (Å²) >= 11 is 0. The number of hydrogen-bond acceptors (Lipinski definition) is 8. The second kappa shape index (κ2) is 10.3. The second-order valence-corrected chi connectivity index (χ2v) is 6.84. The number of rotatable bonds is 8. The Hall–Kier alpha value is -2.24. The van der Waals surface area contributed by atoms with E-state index in [1.54, 1.807) is 48.5 Å². The van der Waals surface area contributed by atoms with Crippen molar-refractivity contribution in [2.45, 2.75) is 0 Å². The fraction of sp³-hybridized carbons (Fsp3) is 0.118. The Morgan fingerprint density at radius 3 is 1.71 bits per heavy atom. The number of ether oxygens (including phenoxy) is 2. The Labute approximate surface area is 184 Å². The van der Waals surface area contributed by atoms with Crippen LogP contribution in [0.5, 0.6) is 23.5 Å². The molecule has 0 aliphatic heterocycles. The van der Waals surface area contributed by atoms with Gasteiger partial charge in [-0.1, -0.05) is 36.4 Å². The van der Waals surface area contributed by atoms with Crippen LogP contribution in [0.3, 0.4) is 0 Å². The van der Waals surface area contributed by atoms with Gasteiger partial charge in [0.2, 0.25) is 5.95 Å². The van der Waals surface area contributed by atoms with Crippen molar-refractivity contribution in [1.82, 2.24) is 15.0 Å². The van der Waals surface area contributed by atoms with Gasteiger partial charge in [0.15, 0.2) is 0 Å². The molecular formula is C17H17N4NaO5S. The van der Waals surface area contributed by atoms with Crippen molar-refractivity contribution in [2.24, 2.45) is 0 Å². The first-order chi connectivity index (χ1) is 13.0. The molecule has 11 heteroatoms. The summed E-state index contributed by atoms with van der Waals surface area (Å²) in [5, 5.41) is 2.69. The summed E-state index contributed by atoms with van der Waals surface area (Å²) in [6, 6.07) is 17.7. The van der Waals surface area contributed by atoms with E-state index in [0.717, 1.165) is 0 Å². The third-order valence-corrected chi connectivity index (χ3v) is 3.86. The molecule has 0 aliphatic carbocycles. The first-order valence-corrected chi connectivity index (χ1v) is 9.50. The first-order valence-electron chi connectivity index (χ1n) is 7.89. The van der Waals surface area contributed by atoms with Crippen LogP contribution in [0.1, 0.15) is 0 Å². The van der Waals surface area contributed by atoms with Crippen LogP contribution in [0, 0.1) is 0 Å². The van der Waals surface area contributed by atoms with Crippen LogP contribution in [0.15, 0.2) is 60.7 Å². The summed E-state index contributed by atoms with van der Waals surface area (Å²) in [6.45, 7) is -0.0988. The first kappa shape index (κ1) is 22.1. The van der Waals surface area contributed by atoms with Gasteiger partial charge < -0.3 is 14.8 Å². The molecule has 0 atom stereocenters. The molecule has 0 aliphatic rings. The summed E-state index contributed by atoms with van der Waals surface area (Å²) in [5.74, 6) is 0.574. The number of hydrogen-bond donors (Lipinski definition) is 2. The van der Waals surface area contributed by atoms with Crippen LogP contribution in [0.25, 0.3) is 0 Å². The van der Waals surface area contributed by atoms with Crippen LogP contribution in [0.2, 0.25) is 0 Å². The van der Waals surface area contributed by atoms with Crippen LogP contribution in [-0.4, -0.2) is 69.8 Å². The molecule has 0 saturated carbocycles. The van der Waals surface area contributed by atoms with Crippen molar-refractivity contribution in [3.05, 3.63) is 60.7 Å².